The third-order valence-corrected chi connectivity index (χ3v) is 3.41. The first-order valence-electron chi connectivity index (χ1n) is 7.83. The summed E-state index contributed by atoms with van der Waals surface area (Å²) in [6.07, 6.45) is 3.50. The zero-order chi connectivity index (χ0) is 16.8. The van der Waals surface area contributed by atoms with Crippen molar-refractivity contribution in [2.24, 2.45) is 0 Å². The molecule has 0 bridgehead atoms. The molecule has 0 aliphatic heterocycles. The summed E-state index contributed by atoms with van der Waals surface area (Å²) in [7, 11) is 4.08. The minimum atomic E-state index is 0.589. The van der Waals surface area contributed by atoms with E-state index in [2.05, 4.69) is 30.2 Å². The predicted molar refractivity (Wildman–Crippen MR) is 95.5 cm³/mol. The van der Waals surface area contributed by atoms with Crippen molar-refractivity contribution in [3.63, 3.8) is 0 Å². The molecule has 0 aromatic carbocycles. The predicted octanol–water partition coefficient (Wildman–Crippen LogP) is 2.57. The molecule has 0 amide bonds. The third kappa shape index (κ3) is 4.11. The van der Waals surface area contributed by atoms with E-state index in [1.165, 1.54) is 0 Å². The van der Waals surface area contributed by atoms with Gasteiger partial charge in [0.05, 0.1) is 11.4 Å². The second-order valence-electron chi connectivity index (χ2n) is 5.62. The zero-order valence-corrected chi connectivity index (χ0v) is 13.8. The molecule has 0 atom stereocenters. The summed E-state index contributed by atoms with van der Waals surface area (Å²) in [4.78, 5) is 20.1. The first-order valence-corrected chi connectivity index (χ1v) is 7.83. The highest BCUT2D eigenvalue weighted by atomic mass is 15.1. The fourth-order valence-corrected chi connectivity index (χ4v) is 2.20. The highest BCUT2D eigenvalue weighted by molar-refractivity contribution is 5.63. The van der Waals surface area contributed by atoms with Gasteiger partial charge >= 0.3 is 0 Å². The number of nitrogens with one attached hydrogen (secondary N) is 1. The molecule has 0 saturated heterocycles. The van der Waals surface area contributed by atoms with Crippen LogP contribution in [0.2, 0.25) is 0 Å². The van der Waals surface area contributed by atoms with E-state index in [0.29, 0.717) is 5.82 Å². The molecule has 3 aromatic heterocycles. The van der Waals surface area contributed by atoms with Crippen molar-refractivity contribution in [1.29, 1.82) is 0 Å². The van der Waals surface area contributed by atoms with Gasteiger partial charge in [-0.2, -0.15) is 0 Å². The largest absolute Gasteiger partial charge is 0.369 e. The van der Waals surface area contributed by atoms with Crippen LogP contribution in [-0.4, -0.2) is 52.0 Å². The van der Waals surface area contributed by atoms with Gasteiger partial charge in [-0.3, -0.25) is 9.97 Å². The van der Waals surface area contributed by atoms with Gasteiger partial charge in [0.25, 0.3) is 0 Å². The van der Waals surface area contributed by atoms with Crippen LogP contribution in [0.4, 0.5) is 5.82 Å². The zero-order valence-electron chi connectivity index (χ0n) is 13.8. The molecule has 3 aromatic rings. The summed E-state index contributed by atoms with van der Waals surface area (Å²) in [6.45, 7) is 1.72. The van der Waals surface area contributed by atoms with E-state index in [4.69, 9.17) is 0 Å². The quantitative estimate of drug-likeness (QED) is 0.753. The number of rotatable bonds is 6. The summed E-state index contributed by atoms with van der Waals surface area (Å²) in [5.41, 5.74) is 2.33. The molecule has 1 N–H and O–H groups in total. The average molecular weight is 320 g/mol. The maximum atomic E-state index is 4.63. The summed E-state index contributed by atoms with van der Waals surface area (Å²) in [5, 5.41) is 3.35. The van der Waals surface area contributed by atoms with E-state index in [1.807, 2.05) is 56.6 Å². The van der Waals surface area contributed by atoms with Crippen molar-refractivity contribution in [2.45, 2.75) is 0 Å². The molecule has 0 spiro atoms. The third-order valence-electron chi connectivity index (χ3n) is 3.41. The monoisotopic (exact) mass is 320 g/mol. The Morgan fingerprint density at radius 2 is 1.58 bits per heavy atom. The average Bonchev–Trinajstić information content (AvgIpc) is 2.63. The number of pyridine rings is 2. The summed E-state index contributed by atoms with van der Waals surface area (Å²) in [6, 6.07) is 13.4. The lowest BCUT2D eigenvalue weighted by Crippen LogP contribution is -2.21. The number of hydrogen-bond donors (Lipinski definition) is 1. The van der Waals surface area contributed by atoms with E-state index in [9.17, 15) is 0 Å². The molecular weight excluding hydrogens is 300 g/mol. The van der Waals surface area contributed by atoms with Crippen LogP contribution >= 0.6 is 0 Å². The second-order valence-corrected chi connectivity index (χ2v) is 5.62. The lowest BCUT2D eigenvalue weighted by molar-refractivity contribution is 0.425. The molecule has 3 heterocycles. The van der Waals surface area contributed by atoms with E-state index in [1.54, 1.807) is 12.4 Å². The Morgan fingerprint density at radius 3 is 2.21 bits per heavy atom. The molecule has 0 radical (unpaired) electrons. The molecule has 24 heavy (non-hydrogen) atoms. The van der Waals surface area contributed by atoms with Crippen molar-refractivity contribution in [3.8, 4) is 22.9 Å². The molecule has 6 nitrogen and oxygen atoms in total. The lowest BCUT2D eigenvalue weighted by atomic mass is 10.2. The van der Waals surface area contributed by atoms with Gasteiger partial charge in [-0.05, 0) is 38.4 Å². The topological polar surface area (TPSA) is 66.8 Å². The van der Waals surface area contributed by atoms with Crippen LogP contribution in [0.3, 0.4) is 0 Å². The smallest absolute Gasteiger partial charge is 0.180 e. The number of aromatic nitrogens is 4. The van der Waals surface area contributed by atoms with E-state index >= 15 is 0 Å². The van der Waals surface area contributed by atoms with Gasteiger partial charge in [-0.15, -0.1) is 0 Å². The van der Waals surface area contributed by atoms with Crippen molar-refractivity contribution in [2.75, 3.05) is 32.5 Å². The van der Waals surface area contributed by atoms with Gasteiger partial charge in [-0.25, -0.2) is 9.97 Å². The maximum absolute atomic E-state index is 4.63. The van der Waals surface area contributed by atoms with Crippen LogP contribution in [0.15, 0.2) is 54.9 Å². The fourth-order valence-electron chi connectivity index (χ4n) is 2.20. The molecule has 3 rings (SSSR count). The number of nitrogens with zero attached hydrogens (tertiary/aromatic N) is 5. The second kappa shape index (κ2) is 7.61. The van der Waals surface area contributed by atoms with Crippen LogP contribution in [-0.2, 0) is 0 Å². The highest BCUT2D eigenvalue weighted by Crippen LogP contribution is 2.21. The Morgan fingerprint density at radius 1 is 0.875 bits per heavy atom. The molecule has 0 unspecified atom stereocenters. The first kappa shape index (κ1) is 16.0. The van der Waals surface area contributed by atoms with Crippen LogP contribution < -0.4 is 5.32 Å². The van der Waals surface area contributed by atoms with E-state index in [-0.39, 0.29) is 0 Å². The Kier molecular flexibility index (Phi) is 5.08. The molecule has 0 saturated carbocycles. The van der Waals surface area contributed by atoms with Crippen LogP contribution in [0.25, 0.3) is 22.9 Å². The molecule has 0 aliphatic carbocycles. The molecule has 0 aliphatic rings. The van der Waals surface area contributed by atoms with Gasteiger partial charge in [-0.1, -0.05) is 12.1 Å². The lowest BCUT2D eigenvalue weighted by Gasteiger charge is -2.12. The number of anilines is 1. The standard InChI is InChI=1S/C18H20N6/c1-24(2)12-11-21-17-13-16(14-7-3-5-9-19-14)22-18(23-17)15-8-4-6-10-20-15/h3-10,13H,11-12H2,1-2H3,(H,21,22,23). The van der Waals surface area contributed by atoms with Crippen LogP contribution in [0.5, 0.6) is 0 Å². The Bertz CT molecular complexity index is 716. The molecule has 0 fully saturated rings. The van der Waals surface area contributed by atoms with Gasteiger partial charge in [0, 0.05) is 31.5 Å². The van der Waals surface area contributed by atoms with Crippen LogP contribution in [0.1, 0.15) is 0 Å². The fraction of sp³-hybridized carbons (Fsp3) is 0.222. The number of hydrogen-bond acceptors (Lipinski definition) is 6. The van der Waals surface area contributed by atoms with Gasteiger partial charge in [0.1, 0.15) is 11.5 Å². The van der Waals surface area contributed by atoms with Crippen molar-refractivity contribution >= 4 is 5.82 Å². The maximum Gasteiger partial charge on any atom is 0.180 e. The summed E-state index contributed by atoms with van der Waals surface area (Å²) in [5.74, 6) is 1.36. The van der Waals surface area contributed by atoms with Crippen molar-refractivity contribution in [3.05, 3.63) is 54.9 Å². The first-order chi connectivity index (χ1) is 11.7. The van der Waals surface area contributed by atoms with Crippen molar-refractivity contribution in [1.82, 2.24) is 24.8 Å². The minimum Gasteiger partial charge on any atom is -0.369 e. The van der Waals surface area contributed by atoms with E-state index < -0.39 is 0 Å². The normalized spacial score (nSPS) is 10.8. The Labute approximate surface area is 141 Å². The summed E-state index contributed by atoms with van der Waals surface area (Å²) < 4.78 is 0. The van der Waals surface area contributed by atoms with E-state index in [0.717, 1.165) is 36.0 Å². The molecule has 122 valence electrons. The number of likely N-dealkylation sites (N-methyl/N-ethyl adjacent to an activating group) is 1. The molecule has 6 heteroatoms. The molecular formula is C18H20N6. The van der Waals surface area contributed by atoms with Gasteiger partial charge < -0.3 is 10.2 Å². The Hall–Kier alpha value is -2.86. The van der Waals surface area contributed by atoms with Crippen molar-refractivity contribution < 1.29 is 0 Å². The SMILES string of the molecule is CN(C)CCNc1cc(-c2ccccn2)nc(-c2ccccn2)n1. The highest BCUT2D eigenvalue weighted by Gasteiger charge is 2.10. The summed E-state index contributed by atoms with van der Waals surface area (Å²) >= 11 is 0. The van der Waals surface area contributed by atoms with Crippen LogP contribution in [0, 0.1) is 0 Å². The minimum absolute atomic E-state index is 0.589. The van der Waals surface area contributed by atoms with Gasteiger partial charge in [0.15, 0.2) is 5.82 Å². The van der Waals surface area contributed by atoms with Gasteiger partial charge in [0.2, 0.25) is 0 Å². The Balaban J connectivity index is 1.96.